The first-order chi connectivity index (χ1) is 5.21. The summed E-state index contributed by atoms with van der Waals surface area (Å²) in [5.74, 6) is -0.0122. The fraction of sp³-hybridized carbons (Fsp3) is 0.750. The molecule has 3 nitrogen and oxygen atoms in total. The Morgan fingerprint density at radius 3 is 2.91 bits per heavy atom. The number of Topliss-reactive ketones (excluding diaryl/α,β-unsaturated/α-hetero) is 1. The lowest BCUT2D eigenvalue weighted by Crippen LogP contribution is -2.23. The van der Waals surface area contributed by atoms with Crippen molar-refractivity contribution >= 4 is 11.8 Å². The molecule has 60 valence electrons. The molecule has 2 unspecified atom stereocenters. The summed E-state index contributed by atoms with van der Waals surface area (Å²) in [7, 11) is 0. The van der Waals surface area contributed by atoms with Gasteiger partial charge in [0, 0.05) is 12.3 Å². The average molecular weight is 154 g/mol. The Hall–Kier alpha value is -0.860. The van der Waals surface area contributed by atoms with E-state index in [1.54, 1.807) is 6.92 Å². The summed E-state index contributed by atoms with van der Waals surface area (Å²) in [6, 6.07) is 0. The lowest BCUT2D eigenvalue weighted by atomic mass is 9.98. The van der Waals surface area contributed by atoms with Crippen molar-refractivity contribution < 1.29 is 14.3 Å². The molecule has 0 aromatic carbocycles. The fourth-order valence-electron chi connectivity index (χ4n) is 1.86. The molecule has 1 saturated heterocycles. The van der Waals surface area contributed by atoms with Gasteiger partial charge in [0.25, 0.3) is 0 Å². The predicted octanol–water partition coefficient (Wildman–Crippen LogP) is 0.529. The highest BCUT2D eigenvalue weighted by Gasteiger charge is 2.69. The lowest BCUT2D eigenvalue weighted by molar-refractivity contribution is -0.148. The molecule has 0 aromatic heterocycles. The Morgan fingerprint density at radius 1 is 1.82 bits per heavy atom. The van der Waals surface area contributed by atoms with Crippen molar-refractivity contribution in [2.45, 2.75) is 19.8 Å². The van der Waals surface area contributed by atoms with Crippen LogP contribution >= 0.6 is 0 Å². The van der Waals surface area contributed by atoms with Gasteiger partial charge in [-0.2, -0.15) is 0 Å². The van der Waals surface area contributed by atoms with Crippen LogP contribution in [0.4, 0.5) is 0 Å². The zero-order valence-corrected chi connectivity index (χ0v) is 6.42. The van der Waals surface area contributed by atoms with Crippen molar-refractivity contribution in [1.82, 2.24) is 0 Å². The number of carbonyl (C=O) groups excluding carboxylic acids is 2. The van der Waals surface area contributed by atoms with Crippen molar-refractivity contribution in [2.24, 2.45) is 11.3 Å². The van der Waals surface area contributed by atoms with Gasteiger partial charge < -0.3 is 4.74 Å². The Balaban J connectivity index is 2.24. The molecule has 3 heteroatoms. The highest BCUT2D eigenvalue weighted by molar-refractivity contribution is 6.08. The van der Waals surface area contributed by atoms with Gasteiger partial charge in [0.1, 0.15) is 11.2 Å². The molecule has 1 aliphatic carbocycles. The molecule has 0 radical (unpaired) electrons. The second-order valence-corrected chi connectivity index (χ2v) is 3.25. The van der Waals surface area contributed by atoms with Crippen molar-refractivity contribution in [3.63, 3.8) is 0 Å². The summed E-state index contributed by atoms with van der Waals surface area (Å²) < 4.78 is 4.78. The summed E-state index contributed by atoms with van der Waals surface area (Å²) in [5.41, 5.74) is -0.672. The van der Waals surface area contributed by atoms with Crippen molar-refractivity contribution in [1.29, 1.82) is 0 Å². The number of ketones is 1. The minimum atomic E-state index is -0.672. The maximum atomic E-state index is 11.3. The van der Waals surface area contributed by atoms with Crippen molar-refractivity contribution in [2.75, 3.05) is 6.61 Å². The van der Waals surface area contributed by atoms with E-state index in [0.717, 1.165) is 6.42 Å². The maximum Gasteiger partial charge on any atom is 0.320 e. The number of hydrogen-bond donors (Lipinski definition) is 0. The Bertz CT molecular complexity index is 233. The van der Waals surface area contributed by atoms with Crippen LogP contribution in [0.2, 0.25) is 0 Å². The van der Waals surface area contributed by atoms with Gasteiger partial charge in [-0.05, 0) is 6.42 Å². The zero-order valence-electron chi connectivity index (χ0n) is 6.42. The molecule has 2 rings (SSSR count). The molecule has 1 saturated carbocycles. The largest absolute Gasteiger partial charge is 0.465 e. The van der Waals surface area contributed by atoms with Crippen LogP contribution in [0.1, 0.15) is 19.8 Å². The average Bonchev–Trinajstić information content (AvgIpc) is 2.68. The molecule has 2 aliphatic rings. The SMILES string of the molecule is CCC(=O)C12CC1COC2=O. The van der Waals surface area contributed by atoms with E-state index in [-0.39, 0.29) is 17.7 Å². The minimum Gasteiger partial charge on any atom is -0.465 e. The summed E-state index contributed by atoms with van der Waals surface area (Å²) in [6.45, 7) is 2.25. The molecule has 1 heterocycles. The fourth-order valence-corrected chi connectivity index (χ4v) is 1.86. The molecule has 0 bridgehead atoms. The number of hydrogen-bond acceptors (Lipinski definition) is 3. The first-order valence-corrected chi connectivity index (χ1v) is 3.92. The van der Waals surface area contributed by atoms with Crippen molar-refractivity contribution in [3.05, 3.63) is 0 Å². The standard InChI is InChI=1S/C8H10O3/c1-2-6(9)8-3-5(8)4-11-7(8)10/h5H,2-4H2,1H3. The van der Waals surface area contributed by atoms with E-state index in [4.69, 9.17) is 4.74 Å². The second kappa shape index (κ2) is 1.84. The van der Waals surface area contributed by atoms with Gasteiger partial charge in [0.05, 0.1) is 6.61 Å². The van der Waals surface area contributed by atoms with E-state index in [0.29, 0.717) is 13.0 Å². The molecule has 0 amide bonds. The molecule has 1 aliphatic heterocycles. The summed E-state index contributed by atoms with van der Waals surface area (Å²) in [6.07, 6.45) is 1.18. The van der Waals surface area contributed by atoms with Crippen LogP contribution in [0.25, 0.3) is 0 Å². The molecule has 0 N–H and O–H groups in total. The zero-order chi connectivity index (χ0) is 8.06. The molecule has 11 heavy (non-hydrogen) atoms. The Kier molecular flexibility index (Phi) is 1.14. The normalized spacial score (nSPS) is 39.7. The van der Waals surface area contributed by atoms with Crippen molar-refractivity contribution in [3.8, 4) is 0 Å². The Morgan fingerprint density at radius 2 is 2.55 bits per heavy atom. The van der Waals surface area contributed by atoms with Crippen LogP contribution in [-0.2, 0) is 14.3 Å². The smallest absolute Gasteiger partial charge is 0.320 e. The van der Waals surface area contributed by atoms with Crippen LogP contribution < -0.4 is 0 Å². The third-order valence-electron chi connectivity index (χ3n) is 2.70. The molecule has 2 fully saturated rings. The van der Waals surface area contributed by atoms with E-state index >= 15 is 0 Å². The van der Waals surface area contributed by atoms with Gasteiger partial charge in [-0.3, -0.25) is 9.59 Å². The number of carbonyl (C=O) groups is 2. The topological polar surface area (TPSA) is 43.4 Å². The van der Waals surface area contributed by atoms with Crippen LogP contribution in [-0.4, -0.2) is 18.4 Å². The minimum absolute atomic E-state index is 0.0602. The first-order valence-electron chi connectivity index (χ1n) is 3.92. The number of rotatable bonds is 2. The molecule has 0 spiro atoms. The van der Waals surface area contributed by atoms with Crippen LogP contribution in [0.15, 0.2) is 0 Å². The van der Waals surface area contributed by atoms with Gasteiger partial charge >= 0.3 is 5.97 Å². The van der Waals surface area contributed by atoms with Gasteiger partial charge in [0.2, 0.25) is 0 Å². The Labute approximate surface area is 64.7 Å². The van der Waals surface area contributed by atoms with Gasteiger partial charge in [0.15, 0.2) is 0 Å². The molecular formula is C8H10O3. The number of fused-ring (bicyclic) bond motifs is 1. The highest BCUT2D eigenvalue weighted by atomic mass is 16.5. The summed E-state index contributed by atoms with van der Waals surface area (Å²) in [5, 5.41) is 0. The van der Waals surface area contributed by atoms with E-state index in [9.17, 15) is 9.59 Å². The monoisotopic (exact) mass is 154 g/mol. The second-order valence-electron chi connectivity index (χ2n) is 3.25. The third kappa shape index (κ3) is 0.633. The number of cyclic esters (lactones) is 1. The van der Waals surface area contributed by atoms with Crippen LogP contribution in [0.5, 0.6) is 0 Å². The molecule has 2 atom stereocenters. The van der Waals surface area contributed by atoms with E-state index in [1.807, 2.05) is 0 Å². The first kappa shape index (κ1) is 6.83. The van der Waals surface area contributed by atoms with Gasteiger partial charge in [-0.15, -0.1) is 0 Å². The number of esters is 1. The summed E-state index contributed by atoms with van der Waals surface area (Å²) >= 11 is 0. The quantitative estimate of drug-likeness (QED) is 0.430. The van der Waals surface area contributed by atoms with Crippen LogP contribution in [0.3, 0.4) is 0 Å². The molecule has 0 aromatic rings. The third-order valence-corrected chi connectivity index (χ3v) is 2.70. The highest BCUT2D eigenvalue weighted by Crippen LogP contribution is 2.58. The summed E-state index contributed by atoms with van der Waals surface area (Å²) in [4.78, 5) is 22.4. The predicted molar refractivity (Wildman–Crippen MR) is 36.8 cm³/mol. The maximum absolute atomic E-state index is 11.3. The van der Waals surface area contributed by atoms with E-state index in [2.05, 4.69) is 0 Å². The van der Waals surface area contributed by atoms with E-state index in [1.165, 1.54) is 0 Å². The molecular weight excluding hydrogens is 144 g/mol. The lowest BCUT2D eigenvalue weighted by Gasteiger charge is -2.04. The van der Waals surface area contributed by atoms with Gasteiger partial charge in [-0.25, -0.2) is 0 Å². The van der Waals surface area contributed by atoms with Gasteiger partial charge in [-0.1, -0.05) is 6.92 Å². The number of ether oxygens (including phenoxy) is 1. The van der Waals surface area contributed by atoms with Crippen LogP contribution in [0, 0.1) is 11.3 Å². The van der Waals surface area contributed by atoms with E-state index < -0.39 is 5.41 Å².